The molecule has 138 valence electrons. The molecule has 2 aliphatic rings. The first kappa shape index (κ1) is 19.0. The lowest BCUT2D eigenvalue weighted by Gasteiger charge is -2.29. The number of nitrogens with zero attached hydrogens (tertiary/aromatic N) is 1. The summed E-state index contributed by atoms with van der Waals surface area (Å²) >= 11 is 7.03. The first-order valence-corrected chi connectivity index (χ1v) is 9.87. The van der Waals surface area contributed by atoms with E-state index in [0.717, 1.165) is 4.90 Å². The minimum Gasteiger partial charge on any atom is -0.478 e. The zero-order valence-electron chi connectivity index (χ0n) is 13.5. The SMILES string of the molecule is O=C(CN1C(=O)[C@H]2C[C@@H](Br)[C@@H](Br)C[C@H]2C1=O)Nc1cccc(C(=O)O)c1. The van der Waals surface area contributed by atoms with Gasteiger partial charge < -0.3 is 10.4 Å². The Morgan fingerprint density at radius 1 is 1.12 bits per heavy atom. The van der Waals surface area contributed by atoms with Gasteiger partial charge in [-0.3, -0.25) is 19.3 Å². The van der Waals surface area contributed by atoms with Crippen molar-refractivity contribution >= 4 is 61.2 Å². The van der Waals surface area contributed by atoms with Crippen molar-refractivity contribution in [2.75, 3.05) is 11.9 Å². The Labute approximate surface area is 166 Å². The summed E-state index contributed by atoms with van der Waals surface area (Å²) < 4.78 is 0. The summed E-state index contributed by atoms with van der Waals surface area (Å²) in [7, 11) is 0. The van der Waals surface area contributed by atoms with Gasteiger partial charge in [-0.2, -0.15) is 0 Å². The summed E-state index contributed by atoms with van der Waals surface area (Å²) in [5.74, 6) is -3.09. The van der Waals surface area contributed by atoms with Gasteiger partial charge in [-0.05, 0) is 31.0 Å². The van der Waals surface area contributed by atoms with Crippen molar-refractivity contribution in [3.63, 3.8) is 0 Å². The minimum atomic E-state index is -1.11. The van der Waals surface area contributed by atoms with Crippen LogP contribution in [0.4, 0.5) is 5.69 Å². The smallest absolute Gasteiger partial charge is 0.335 e. The Morgan fingerprint density at radius 3 is 2.23 bits per heavy atom. The number of amides is 3. The highest BCUT2D eigenvalue weighted by Gasteiger charge is 2.52. The van der Waals surface area contributed by atoms with Gasteiger partial charge in [0.1, 0.15) is 6.54 Å². The van der Waals surface area contributed by atoms with Crippen molar-refractivity contribution in [1.82, 2.24) is 4.90 Å². The van der Waals surface area contributed by atoms with Gasteiger partial charge in [0.05, 0.1) is 17.4 Å². The van der Waals surface area contributed by atoms with Crippen molar-refractivity contribution in [3.8, 4) is 0 Å². The van der Waals surface area contributed by atoms with Gasteiger partial charge in [-0.15, -0.1) is 0 Å². The molecule has 0 radical (unpaired) electrons. The lowest BCUT2D eigenvalue weighted by molar-refractivity contribution is -0.142. The van der Waals surface area contributed by atoms with E-state index in [2.05, 4.69) is 37.2 Å². The summed E-state index contributed by atoms with van der Waals surface area (Å²) in [5, 5.41) is 11.5. The molecule has 3 rings (SSSR count). The molecule has 1 aromatic carbocycles. The molecule has 1 aliphatic heterocycles. The van der Waals surface area contributed by atoms with Crippen molar-refractivity contribution in [3.05, 3.63) is 29.8 Å². The van der Waals surface area contributed by atoms with E-state index in [0.29, 0.717) is 18.5 Å². The highest BCUT2D eigenvalue weighted by molar-refractivity contribution is 9.12. The summed E-state index contributed by atoms with van der Waals surface area (Å²) in [4.78, 5) is 49.5. The van der Waals surface area contributed by atoms with Crippen LogP contribution >= 0.6 is 31.9 Å². The zero-order valence-corrected chi connectivity index (χ0v) is 16.7. The minimum absolute atomic E-state index is 0.0360. The van der Waals surface area contributed by atoms with E-state index in [1.807, 2.05) is 0 Å². The molecule has 1 aromatic rings. The molecule has 7 nitrogen and oxygen atoms in total. The molecule has 0 bridgehead atoms. The second kappa shape index (κ2) is 7.48. The van der Waals surface area contributed by atoms with Gasteiger partial charge in [0, 0.05) is 15.3 Å². The Bertz CT molecular complexity index is 756. The first-order valence-electron chi connectivity index (χ1n) is 8.04. The number of anilines is 1. The predicted molar refractivity (Wildman–Crippen MR) is 100 cm³/mol. The highest BCUT2D eigenvalue weighted by atomic mass is 79.9. The normalized spacial score (nSPS) is 28.0. The van der Waals surface area contributed by atoms with Crippen LogP contribution in [0.5, 0.6) is 0 Å². The fraction of sp³-hybridized carbons (Fsp3) is 0.412. The van der Waals surface area contributed by atoms with E-state index in [9.17, 15) is 19.2 Å². The average Bonchev–Trinajstić information content (AvgIpc) is 2.80. The maximum Gasteiger partial charge on any atom is 0.335 e. The molecule has 0 spiro atoms. The number of imide groups is 1. The zero-order chi connectivity index (χ0) is 19.0. The number of aromatic carboxylic acids is 1. The number of benzene rings is 1. The number of halogens is 2. The number of nitrogens with one attached hydrogen (secondary N) is 1. The van der Waals surface area contributed by atoms with Crippen LogP contribution in [0.1, 0.15) is 23.2 Å². The van der Waals surface area contributed by atoms with Gasteiger partial charge in [0.25, 0.3) is 0 Å². The third-order valence-corrected chi connectivity index (χ3v) is 7.43. The number of rotatable bonds is 4. The third kappa shape index (κ3) is 3.68. The van der Waals surface area contributed by atoms with Crippen molar-refractivity contribution in [2.45, 2.75) is 22.5 Å². The van der Waals surface area contributed by atoms with E-state index in [4.69, 9.17) is 5.11 Å². The molecule has 3 amide bonds. The predicted octanol–water partition coefficient (Wildman–Crippen LogP) is 2.25. The van der Waals surface area contributed by atoms with E-state index in [1.165, 1.54) is 18.2 Å². The number of carboxylic acids is 1. The lowest BCUT2D eigenvalue weighted by atomic mass is 9.81. The molecule has 26 heavy (non-hydrogen) atoms. The van der Waals surface area contributed by atoms with Gasteiger partial charge >= 0.3 is 5.97 Å². The molecule has 1 aliphatic carbocycles. The fourth-order valence-electron chi connectivity index (χ4n) is 3.39. The fourth-order valence-corrected chi connectivity index (χ4v) is 4.63. The second-order valence-corrected chi connectivity index (χ2v) is 8.77. The second-order valence-electron chi connectivity index (χ2n) is 6.41. The van der Waals surface area contributed by atoms with E-state index < -0.39 is 23.7 Å². The Kier molecular flexibility index (Phi) is 5.47. The molecule has 0 unspecified atom stereocenters. The van der Waals surface area contributed by atoms with E-state index >= 15 is 0 Å². The molecule has 0 aromatic heterocycles. The van der Waals surface area contributed by atoms with Crippen molar-refractivity contribution < 1.29 is 24.3 Å². The maximum absolute atomic E-state index is 12.5. The largest absolute Gasteiger partial charge is 0.478 e. The molecule has 1 saturated heterocycles. The van der Waals surface area contributed by atoms with Crippen molar-refractivity contribution in [2.24, 2.45) is 11.8 Å². The average molecular weight is 488 g/mol. The van der Waals surface area contributed by atoms with E-state index in [-0.39, 0.29) is 33.6 Å². The molecular formula is C17H16Br2N2O5. The van der Waals surface area contributed by atoms with Gasteiger partial charge in [-0.25, -0.2) is 4.79 Å². The van der Waals surface area contributed by atoms with Crippen LogP contribution in [0.15, 0.2) is 24.3 Å². The van der Waals surface area contributed by atoms with Crippen LogP contribution in [0.2, 0.25) is 0 Å². The van der Waals surface area contributed by atoms with Crippen LogP contribution in [-0.2, 0) is 14.4 Å². The topological polar surface area (TPSA) is 104 Å². The number of carbonyl (C=O) groups excluding carboxylic acids is 3. The standard InChI is InChI=1S/C17H16Br2N2O5/c18-12-5-10-11(6-13(12)19)16(24)21(15(10)23)7-14(22)20-9-3-1-2-8(4-9)17(25)26/h1-4,10-13H,5-7H2,(H,20,22)(H,25,26)/t10-,11+,12+,13-. The summed E-state index contributed by atoms with van der Waals surface area (Å²) in [6, 6.07) is 5.77. The highest BCUT2D eigenvalue weighted by Crippen LogP contribution is 2.43. The maximum atomic E-state index is 12.5. The van der Waals surface area contributed by atoms with Crippen LogP contribution in [-0.4, -0.2) is 49.9 Å². The number of carboxylic acid groups (broad SMARTS) is 1. The summed E-state index contributed by atoms with van der Waals surface area (Å²) in [6.07, 6.45) is 1.09. The number of likely N-dealkylation sites (tertiary alicyclic amines) is 1. The van der Waals surface area contributed by atoms with Crippen LogP contribution in [0.25, 0.3) is 0 Å². The molecule has 1 saturated carbocycles. The van der Waals surface area contributed by atoms with Gasteiger partial charge in [-0.1, -0.05) is 37.9 Å². The van der Waals surface area contributed by atoms with Gasteiger partial charge in [0.15, 0.2) is 0 Å². The first-order chi connectivity index (χ1) is 12.3. The van der Waals surface area contributed by atoms with E-state index in [1.54, 1.807) is 6.07 Å². The van der Waals surface area contributed by atoms with Crippen LogP contribution in [0, 0.1) is 11.8 Å². The Morgan fingerprint density at radius 2 is 1.69 bits per heavy atom. The number of fused-ring (bicyclic) bond motifs is 1. The number of hydrogen-bond acceptors (Lipinski definition) is 4. The number of carbonyl (C=O) groups is 4. The van der Waals surface area contributed by atoms with Crippen LogP contribution in [0.3, 0.4) is 0 Å². The molecule has 2 N–H and O–H groups in total. The summed E-state index contributed by atoms with van der Waals surface area (Å²) in [5.41, 5.74) is 0.335. The molecule has 1 heterocycles. The number of hydrogen-bond donors (Lipinski definition) is 2. The quantitative estimate of drug-likeness (QED) is 0.500. The molecule has 2 fully saturated rings. The number of alkyl halides is 2. The monoisotopic (exact) mass is 486 g/mol. The lowest BCUT2D eigenvalue weighted by Crippen LogP contribution is -2.38. The van der Waals surface area contributed by atoms with Crippen LogP contribution < -0.4 is 5.32 Å². The Balaban J connectivity index is 1.68. The summed E-state index contributed by atoms with van der Waals surface area (Å²) in [6.45, 7) is -0.373. The third-order valence-electron chi connectivity index (χ3n) is 4.70. The van der Waals surface area contributed by atoms with Gasteiger partial charge in [0.2, 0.25) is 17.7 Å². The molecular weight excluding hydrogens is 472 g/mol. The molecule has 9 heteroatoms. The Hall–Kier alpha value is -1.74. The van der Waals surface area contributed by atoms with Crippen molar-refractivity contribution in [1.29, 1.82) is 0 Å². The molecule has 4 atom stereocenters.